The second kappa shape index (κ2) is 6.19. The molecule has 130 valence electrons. The van der Waals surface area contributed by atoms with Crippen molar-refractivity contribution >= 4 is 17.3 Å². The summed E-state index contributed by atoms with van der Waals surface area (Å²) in [5.74, 6) is 1.83. The molecule has 0 aromatic carbocycles. The lowest BCUT2D eigenvalue weighted by atomic mass is 10.3. The molecule has 3 aromatic heterocycles. The lowest BCUT2D eigenvalue weighted by Crippen LogP contribution is -2.47. The van der Waals surface area contributed by atoms with Crippen molar-refractivity contribution in [2.24, 2.45) is 0 Å². The topological polar surface area (TPSA) is 75.3 Å². The lowest BCUT2D eigenvalue weighted by Gasteiger charge is -2.35. The number of halogens is 2. The van der Waals surface area contributed by atoms with Gasteiger partial charge < -0.3 is 9.80 Å². The summed E-state index contributed by atoms with van der Waals surface area (Å²) in [7, 11) is 0. The lowest BCUT2D eigenvalue weighted by molar-refractivity contribution is 0.137. The largest absolute Gasteiger partial charge is 0.353 e. The van der Waals surface area contributed by atoms with E-state index >= 15 is 0 Å². The van der Waals surface area contributed by atoms with Crippen LogP contribution < -0.4 is 9.80 Å². The Kier molecular flexibility index (Phi) is 3.86. The molecule has 10 heteroatoms. The molecule has 0 N–H and O–H groups in total. The summed E-state index contributed by atoms with van der Waals surface area (Å²) in [6.07, 6.45) is -0.965. The number of alkyl halides is 2. The highest BCUT2D eigenvalue weighted by molar-refractivity contribution is 5.48. The second-order valence-electron chi connectivity index (χ2n) is 5.76. The molecule has 25 heavy (non-hydrogen) atoms. The summed E-state index contributed by atoms with van der Waals surface area (Å²) in [6, 6.07) is 5.32. The Morgan fingerprint density at radius 3 is 2.36 bits per heavy atom. The predicted octanol–water partition coefficient (Wildman–Crippen LogP) is 1.49. The van der Waals surface area contributed by atoms with Crippen molar-refractivity contribution in [3.05, 3.63) is 36.0 Å². The van der Waals surface area contributed by atoms with Crippen molar-refractivity contribution in [3.63, 3.8) is 0 Å². The third kappa shape index (κ3) is 2.94. The van der Waals surface area contributed by atoms with Gasteiger partial charge in [-0.1, -0.05) is 0 Å². The van der Waals surface area contributed by atoms with Crippen LogP contribution in [0.3, 0.4) is 0 Å². The Balaban J connectivity index is 1.52. The fraction of sp³-hybridized carbons (Fsp3) is 0.400. The Morgan fingerprint density at radius 1 is 0.960 bits per heavy atom. The molecular weight excluding hydrogens is 330 g/mol. The molecule has 4 heterocycles. The third-order valence-corrected chi connectivity index (χ3v) is 4.16. The van der Waals surface area contributed by atoms with Crippen LogP contribution in [0.15, 0.2) is 24.4 Å². The van der Waals surface area contributed by atoms with Gasteiger partial charge in [0.25, 0.3) is 6.43 Å². The molecule has 0 spiro atoms. The molecule has 0 unspecified atom stereocenters. The van der Waals surface area contributed by atoms with Gasteiger partial charge in [-0.2, -0.15) is 4.52 Å². The standard InChI is InChI=1S/C15H16F2N8/c1-10-18-5-4-11(19-10)23-6-8-24(9-7-23)13-3-2-12-20-21-15(14(16)17)25(12)22-13/h2-5,14H,6-9H2,1H3. The highest BCUT2D eigenvalue weighted by Gasteiger charge is 2.22. The average molecular weight is 346 g/mol. The van der Waals surface area contributed by atoms with E-state index in [1.807, 2.05) is 13.0 Å². The van der Waals surface area contributed by atoms with Gasteiger partial charge in [-0.05, 0) is 25.1 Å². The summed E-state index contributed by atoms with van der Waals surface area (Å²) in [5, 5.41) is 11.5. The SMILES string of the molecule is Cc1nccc(N2CCN(c3ccc4nnc(C(F)F)n4n3)CC2)n1. The molecule has 4 rings (SSSR count). The van der Waals surface area contributed by atoms with Gasteiger partial charge in [0.1, 0.15) is 17.5 Å². The molecule has 1 aliphatic heterocycles. The minimum absolute atomic E-state index is 0.314. The number of aromatic nitrogens is 6. The van der Waals surface area contributed by atoms with E-state index < -0.39 is 12.2 Å². The van der Waals surface area contributed by atoms with E-state index in [4.69, 9.17) is 0 Å². The third-order valence-electron chi connectivity index (χ3n) is 4.16. The van der Waals surface area contributed by atoms with Crippen LogP contribution >= 0.6 is 0 Å². The first-order valence-electron chi connectivity index (χ1n) is 7.92. The first-order valence-corrected chi connectivity index (χ1v) is 7.92. The fourth-order valence-electron chi connectivity index (χ4n) is 2.89. The van der Waals surface area contributed by atoms with Crippen LogP contribution in [0.5, 0.6) is 0 Å². The fourth-order valence-corrected chi connectivity index (χ4v) is 2.89. The van der Waals surface area contributed by atoms with Crippen LogP contribution in [0.2, 0.25) is 0 Å². The van der Waals surface area contributed by atoms with Gasteiger partial charge in [0.2, 0.25) is 5.82 Å². The maximum Gasteiger partial charge on any atom is 0.299 e. The van der Waals surface area contributed by atoms with E-state index in [0.29, 0.717) is 24.6 Å². The van der Waals surface area contributed by atoms with Crippen LogP contribution in [-0.2, 0) is 0 Å². The normalized spacial score (nSPS) is 15.4. The number of hydrogen-bond acceptors (Lipinski definition) is 7. The molecule has 0 radical (unpaired) electrons. The zero-order valence-electron chi connectivity index (χ0n) is 13.5. The van der Waals surface area contributed by atoms with Crippen LogP contribution in [0.25, 0.3) is 5.65 Å². The zero-order chi connectivity index (χ0) is 17.4. The van der Waals surface area contributed by atoms with E-state index in [-0.39, 0.29) is 0 Å². The van der Waals surface area contributed by atoms with Crippen molar-refractivity contribution in [3.8, 4) is 0 Å². The number of aryl methyl sites for hydroxylation is 1. The minimum atomic E-state index is -2.71. The molecule has 1 aliphatic rings. The first kappa shape index (κ1) is 15.6. The van der Waals surface area contributed by atoms with Crippen molar-refractivity contribution < 1.29 is 8.78 Å². The predicted molar refractivity (Wildman–Crippen MR) is 86.9 cm³/mol. The molecule has 0 aliphatic carbocycles. The average Bonchev–Trinajstić information content (AvgIpc) is 3.05. The van der Waals surface area contributed by atoms with E-state index in [2.05, 4.69) is 35.1 Å². The van der Waals surface area contributed by atoms with Crippen LogP contribution in [-0.4, -0.2) is 56.0 Å². The van der Waals surface area contributed by atoms with Gasteiger partial charge in [-0.25, -0.2) is 18.7 Å². The smallest absolute Gasteiger partial charge is 0.299 e. The molecule has 0 amide bonds. The monoisotopic (exact) mass is 346 g/mol. The number of rotatable bonds is 3. The van der Waals surface area contributed by atoms with Crippen LogP contribution in [0, 0.1) is 6.92 Å². The van der Waals surface area contributed by atoms with Gasteiger partial charge >= 0.3 is 0 Å². The molecule has 0 bridgehead atoms. The van der Waals surface area contributed by atoms with Gasteiger partial charge in [0.05, 0.1) is 0 Å². The quantitative estimate of drug-likeness (QED) is 0.711. The number of hydrogen-bond donors (Lipinski definition) is 0. The zero-order valence-corrected chi connectivity index (χ0v) is 13.5. The van der Waals surface area contributed by atoms with Crippen molar-refractivity contribution in [2.75, 3.05) is 36.0 Å². The van der Waals surface area contributed by atoms with Gasteiger partial charge in [-0.3, -0.25) is 0 Å². The number of piperazine rings is 1. The summed E-state index contributed by atoms with van der Waals surface area (Å²) in [5.41, 5.74) is 0.314. The van der Waals surface area contributed by atoms with E-state index in [9.17, 15) is 8.78 Å². The molecule has 1 fully saturated rings. The van der Waals surface area contributed by atoms with E-state index in [1.165, 1.54) is 0 Å². The van der Waals surface area contributed by atoms with Crippen LogP contribution in [0.1, 0.15) is 18.1 Å². The first-order chi connectivity index (χ1) is 12.1. The maximum absolute atomic E-state index is 13.0. The molecule has 0 atom stereocenters. The van der Waals surface area contributed by atoms with E-state index in [1.54, 1.807) is 18.3 Å². The number of nitrogens with zero attached hydrogens (tertiary/aromatic N) is 8. The maximum atomic E-state index is 13.0. The van der Waals surface area contributed by atoms with Gasteiger partial charge in [-0.15, -0.1) is 15.3 Å². The van der Waals surface area contributed by atoms with Crippen LogP contribution in [0.4, 0.5) is 20.4 Å². The van der Waals surface area contributed by atoms with Gasteiger partial charge in [0, 0.05) is 32.4 Å². The molecular formula is C15H16F2N8. The molecule has 8 nitrogen and oxygen atoms in total. The van der Waals surface area contributed by atoms with Gasteiger partial charge in [0.15, 0.2) is 5.65 Å². The molecule has 1 saturated heterocycles. The van der Waals surface area contributed by atoms with Crippen molar-refractivity contribution in [1.29, 1.82) is 0 Å². The van der Waals surface area contributed by atoms with E-state index in [0.717, 1.165) is 29.2 Å². The summed E-state index contributed by atoms with van der Waals surface area (Å²) in [4.78, 5) is 12.8. The Hall–Kier alpha value is -2.91. The molecule has 0 saturated carbocycles. The van der Waals surface area contributed by atoms with Crippen molar-refractivity contribution in [2.45, 2.75) is 13.3 Å². The Bertz CT molecular complexity index is 888. The van der Waals surface area contributed by atoms with Crippen molar-refractivity contribution in [1.82, 2.24) is 29.8 Å². The number of anilines is 2. The Labute approximate surface area is 142 Å². The second-order valence-corrected chi connectivity index (χ2v) is 5.76. The highest BCUT2D eigenvalue weighted by atomic mass is 19.3. The molecule has 3 aromatic rings. The number of fused-ring (bicyclic) bond motifs is 1. The minimum Gasteiger partial charge on any atom is -0.353 e. The summed E-state index contributed by atoms with van der Waals surface area (Å²) >= 11 is 0. The summed E-state index contributed by atoms with van der Waals surface area (Å²) < 4.78 is 27.1. The Morgan fingerprint density at radius 2 is 1.68 bits per heavy atom. The highest BCUT2D eigenvalue weighted by Crippen LogP contribution is 2.20. The summed E-state index contributed by atoms with van der Waals surface area (Å²) in [6.45, 7) is 4.82.